The molecule has 0 aliphatic heterocycles. The molecule has 0 fully saturated rings. The summed E-state index contributed by atoms with van der Waals surface area (Å²) in [6.45, 7) is -0.169. The van der Waals surface area contributed by atoms with Crippen molar-refractivity contribution in [2.24, 2.45) is 16.5 Å². The van der Waals surface area contributed by atoms with Crippen molar-refractivity contribution in [3.8, 4) is 0 Å². The minimum Gasteiger partial charge on any atom is -0.370 e. The third kappa shape index (κ3) is 10.2. The van der Waals surface area contributed by atoms with Crippen molar-refractivity contribution in [1.82, 2.24) is 16.0 Å². The molecule has 12 heteroatoms. The molecule has 0 bridgehead atoms. The molecule has 8 N–H and O–H groups in total. The number of aldehydes is 1. The predicted octanol–water partition coefficient (Wildman–Crippen LogP) is -0.550. The molecule has 12 nitrogen and oxygen atoms in total. The van der Waals surface area contributed by atoms with Crippen molar-refractivity contribution >= 4 is 42.1 Å². The van der Waals surface area contributed by atoms with E-state index in [4.69, 9.17) is 11.5 Å². The lowest BCUT2D eigenvalue weighted by molar-refractivity contribution is -0.131. The number of benzene rings is 2. The zero-order valence-electron chi connectivity index (χ0n) is 20.2. The maximum Gasteiger partial charge on any atom is 0.243 e. The van der Waals surface area contributed by atoms with E-state index in [0.29, 0.717) is 30.4 Å². The Morgan fingerprint density at radius 2 is 1.62 bits per heavy atom. The molecule has 0 saturated carbocycles. The molecule has 0 aromatic heterocycles. The third-order valence-electron chi connectivity index (χ3n) is 5.23. The summed E-state index contributed by atoms with van der Waals surface area (Å²) in [5.41, 5.74) is 12.1. The van der Waals surface area contributed by atoms with Crippen molar-refractivity contribution in [3.63, 3.8) is 0 Å². The molecular weight excluding hydrogens is 478 g/mol. The fourth-order valence-electron chi connectivity index (χ4n) is 3.40. The average Bonchev–Trinajstić information content (AvgIpc) is 2.89. The zero-order valence-corrected chi connectivity index (χ0v) is 20.2. The van der Waals surface area contributed by atoms with Crippen LogP contribution in [-0.4, -0.2) is 61.6 Å². The Morgan fingerprint density at radius 3 is 2.30 bits per heavy atom. The number of rotatable bonds is 15. The van der Waals surface area contributed by atoms with Crippen LogP contribution in [0.1, 0.15) is 28.8 Å². The number of guanidine groups is 1. The van der Waals surface area contributed by atoms with Crippen LogP contribution in [0.2, 0.25) is 0 Å². The van der Waals surface area contributed by atoms with Gasteiger partial charge in [0, 0.05) is 18.5 Å². The van der Waals surface area contributed by atoms with Crippen LogP contribution >= 0.6 is 0 Å². The summed E-state index contributed by atoms with van der Waals surface area (Å²) in [7, 11) is 0. The van der Waals surface area contributed by atoms with E-state index in [1.165, 1.54) is 0 Å². The van der Waals surface area contributed by atoms with Crippen LogP contribution in [0.25, 0.3) is 0 Å². The number of hydrogen-bond donors (Lipinski definition) is 6. The van der Waals surface area contributed by atoms with Crippen LogP contribution in [0.15, 0.2) is 59.6 Å². The number of nitrogens with zero attached hydrogens (tertiary/aromatic N) is 1. The number of hydrogen-bond acceptors (Lipinski definition) is 6. The lowest BCUT2D eigenvalue weighted by Gasteiger charge is -2.22. The van der Waals surface area contributed by atoms with Crippen LogP contribution in [0.3, 0.4) is 0 Å². The molecule has 37 heavy (non-hydrogen) atoms. The fourth-order valence-corrected chi connectivity index (χ4v) is 3.40. The molecule has 0 aliphatic carbocycles. The topological polar surface area (TPSA) is 198 Å². The van der Waals surface area contributed by atoms with Crippen molar-refractivity contribution in [1.29, 1.82) is 0 Å². The molecule has 2 unspecified atom stereocenters. The van der Waals surface area contributed by atoms with Crippen LogP contribution in [-0.2, 0) is 25.6 Å². The summed E-state index contributed by atoms with van der Waals surface area (Å²) in [6, 6.07) is 13.5. The highest BCUT2D eigenvalue weighted by Gasteiger charge is 2.26. The fraction of sp³-hybridized carbons (Fsp3) is 0.280. The van der Waals surface area contributed by atoms with Crippen LogP contribution in [0.5, 0.6) is 0 Å². The van der Waals surface area contributed by atoms with E-state index in [9.17, 15) is 24.0 Å². The lowest BCUT2D eigenvalue weighted by Crippen LogP contribution is -2.54. The first kappa shape index (κ1) is 28.5. The number of carbonyl (C=O) groups excluding carboxylic acids is 5. The number of nitrogens with two attached hydrogens (primary N) is 2. The molecular formula is C25H31N7O5. The van der Waals surface area contributed by atoms with Gasteiger partial charge in [-0.3, -0.25) is 29.0 Å². The van der Waals surface area contributed by atoms with E-state index in [-0.39, 0.29) is 25.3 Å². The largest absolute Gasteiger partial charge is 0.370 e. The van der Waals surface area contributed by atoms with Gasteiger partial charge in [0.2, 0.25) is 24.1 Å². The summed E-state index contributed by atoms with van der Waals surface area (Å²) in [6.07, 6.45) is 1.77. The molecule has 2 atom stereocenters. The van der Waals surface area contributed by atoms with Gasteiger partial charge in [-0.15, -0.1) is 0 Å². The first-order chi connectivity index (χ1) is 17.8. The summed E-state index contributed by atoms with van der Waals surface area (Å²) >= 11 is 0. The number of carbonyl (C=O) groups is 5. The third-order valence-corrected chi connectivity index (χ3v) is 5.23. The van der Waals surface area contributed by atoms with Gasteiger partial charge < -0.3 is 32.7 Å². The molecule has 2 aromatic carbocycles. The smallest absolute Gasteiger partial charge is 0.243 e. The van der Waals surface area contributed by atoms with Gasteiger partial charge in [-0.1, -0.05) is 42.5 Å². The second kappa shape index (κ2) is 15.3. The molecule has 2 rings (SSSR count). The van der Waals surface area contributed by atoms with Crippen LogP contribution in [0, 0.1) is 0 Å². The van der Waals surface area contributed by atoms with E-state index < -0.39 is 36.3 Å². The van der Waals surface area contributed by atoms with Gasteiger partial charge in [0.05, 0.1) is 12.2 Å². The Hall–Kier alpha value is -4.74. The molecule has 0 aliphatic rings. The van der Waals surface area contributed by atoms with E-state index in [1.807, 2.05) is 30.3 Å². The van der Waals surface area contributed by atoms with E-state index in [2.05, 4.69) is 26.3 Å². The van der Waals surface area contributed by atoms with Crippen molar-refractivity contribution < 1.29 is 24.0 Å². The quantitative estimate of drug-likeness (QED) is 0.0800. The molecule has 0 spiro atoms. The number of aliphatic imine (C=N–C) groups is 1. The molecule has 0 saturated heterocycles. The van der Waals surface area contributed by atoms with Gasteiger partial charge in [0.15, 0.2) is 12.2 Å². The number of para-hydroxylation sites is 1. The van der Waals surface area contributed by atoms with Crippen molar-refractivity contribution in [2.75, 3.05) is 18.4 Å². The van der Waals surface area contributed by atoms with E-state index >= 15 is 0 Å². The maximum absolute atomic E-state index is 13.0. The normalized spacial score (nSPS) is 11.8. The van der Waals surface area contributed by atoms with Crippen molar-refractivity contribution in [3.05, 3.63) is 65.7 Å². The summed E-state index contributed by atoms with van der Waals surface area (Å²) < 4.78 is 0. The SMILES string of the molecule is NC(N)=NCCCC(NC(=O)C(Cc1ccccc1)NC=O)C(=O)NCC(=O)Nc1ccccc1C=O. The van der Waals surface area contributed by atoms with Gasteiger partial charge >= 0.3 is 0 Å². The second-order valence-electron chi connectivity index (χ2n) is 8.01. The molecule has 0 heterocycles. The summed E-state index contributed by atoms with van der Waals surface area (Å²) in [4.78, 5) is 64.3. The van der Waals surface area contributed by atoms with Crippen LogP contribution < -0.4 is 32.7 Å². The van der Waals surface area contributed by atoms with E-state index in [1.54, 1.807) is 24.3 Å². The Bertz CT molecular complexity index is 1100. The number of anilines is 1. The van der Waals surface area contributed by atoms with Gasteiger partial charge in [-0.05, 0) is 30.5 Å². The Labute approximate surface area is 214 Å². The highest BCUT2D eigenvalue weighted by atomic mass is 16.2. The maximum atomic E-state index is 13.0. The molecule has 4 amide bonds. The van der Waals surface area contributed by atoms with Crippen molar-refractivity contribution in [2.45, 2.75) is 31.3 Å². The zero-order chi connectivity index (χ0) is 27.0. The predicted molar refractivity (Wildman–Crippen MR) is 138 cm³/mol. The van der Waals surface area contributed by atoms with Gasteiger partial charge in [0.25, 0.3) is 0 Å². The van der Waals surface area contributed by atoms with E-state index in [0.717, 1.165) is 5.56 Å². The van der Waals surface area contributed by atoms with Gasteiger partial charge in [-0.25, -0.2) is 0 Å². The summed E-state index contributed by atoms with van der Waals surface area (Å²) in [5, 5.41) is 10.2. The minimum absolute atomic E-state index is 0.101. The first-order valence-corrected chi connectivity index (χ1v) is 11.5. The molecule has 2 aromatic rings. The van der Waals surface area contributed by atoms with Gasteiger partial charge in [0.1, 0.15) is 12.1 Å². The number of amides is 4. The minimum atomic E-state index is -1.02. The Balaban J connectivity index is 2.04. The van der Waals surface area contributed by atoms with Crippen LogP contribution in [0.4, 0.5) is 5.69 Å². The average molecular weight is 510 g/mol. The standard InChI is InChI=1S/C25H31N7O5/c26-25(27)28-12-6-11-20(32-24(37)21(30-16-34)13-17-7-2-1-3-8-17)23(36)29-14-22(35)31-19-10-5-4-9-18(19)15-33/h1-5,7-10,15-16,20-21H,6,11-14H2,(H,29,36)(H,30,34)(H,31,35)(H,32,37)(H4,26,27,28). The molecule has 0 radical (unpaired) electrons. The highest BCUT2D eigenvalue weighted by Crippen LogP contribution is 2.12. The molecule has 196 valence electrons. The summed E-state index contributed by atoms with van der Waals surface area (Å²) in [5.74, 6) is -1.84. The van der Waals surface area contributed by atoms with Gasteiger partial charge in [-0.2, -0.15) is 0 Å². The first-order valence-electron chi connectivity index (χ1n) is 11.5. The Morgan fingerprint density at radius 1 is 0.919 bits per heavy atom. The monoisotopic (exact) mass is 509 g/mol. The highest BCUT2D eigenvalue weighted by molar-refractivity contribution is 5.99. The Kier molecular flexibility index (Phi) is 11.8. The lowest BCUT2D eigenvalue weighted by atomic mass is 10.0. The second-order valence-corrected chi connectivity index (χ2v) is 8.01. The number of nitrogens with one attached hydrogen (secondary N) is 4.